The molecule has 1 unspecified atom stereocenters. The van der Waals surface area contributed by atoms with E-state index in [0.29, 0.717) is 0 Å². The molecule has 0 aromatic carbocycles. The number of aryl methyl sites for hydroxylation is 1. The average Bonchev–Trinajstić information content (AvgIpc) is 2.45. The van der Waals surface area contributed by atoms with Gasteiger partial charge >= 0.3 is 0 Å². The molecule has 0 fully saturated rings. The summed E-state index contributed by atoms with van der Waals surface area (Å²) in [5.74, 6) is 1.04. The highest BCUT2D eigenvalue weighted by Gasteiger charge is 2.08. The lowest BCUT2D eigenvalue weighted by molar-refractivity contribution is 0.734. The Balaban J connectivity index is 2.00. The first-order chi connectivity index (χ1) is 10.1. The number of nitrogens with zero attached hydrogens (tertiary/aromatic N) is 3. The number of pyridine rings is 2. The summed E-state index contributed by atoms with van der Waals surface area (Å²) in [7, 11) is 2.09. The Hall–Kier alpha value is -1.94. The van der Waals surface area contributed by atoms with Gasteiger partial charge in [0.2, 0.25) is 0 Å². The number of likely N-dealkylation sites (N-methyl/N-ethyl adjacent to an activating group) is 1. The number of rotatable bonds is 6. The van der Waals surface area contributed by atoms with Crippen molar-refractivity contribution in [1.82, 2.24) is 9.97 Å². The maximum atomic E-state index is 5.84. The highest BCUT2D eigenvalue weighted by atomic mass is 15.2. The molecule has 4 nitrogen and oxygen atoms in total. The Kier molecular flexibility index (Phi) is 5.28. The Bertz CT molecular complexity index is 566. The molecular formula is C17H24N4. The van der Waals surface area contributed by atoms with Crippen molar-refractivity contribution in [2.75, 3.05) is 18.5 Å². The number of hydrogen-bond donors (Lipinski definition) is 1. The predicted octanol–water partition coefficient (Wildman–Crippen LogP) is 2.35. The van der Waals surface area contributed by atoms with Gasteiger partial charge in [-0.3, -0.25) is 4.98 Å². The number of nitrogens with two attached hydrogens (primary N) is 1. The normalized spacial score (nSPS) is 12.2. The summed E-state index contributed by atoms with van der Waals surface area (Å²) in [4.78, 5) is 10.8. The van der Waals surface area contributed by atoms with Gasteiger partial charge in [-0.25, -0.2) is 4.98 Å². The second kappa shape index (κ2) is 7.18. The van der Waals surface area contributed by atoms with E-state index >= 15 is 0 Å². The van der Waals surface area contributed by atoms with Gasteiger partial charge in [0.05, 0.1) is 0 Å². The minimum absolute atomic E-state index is 0.168. The lowest BCUT2D eigenvalue weighted by atomic mass is 10.1. The highest BCUT2D eigenvalue weighted by Crippen LogP contribution is 2.17. The number of aromatic nitrogens is 2. The molecule has 0 saturated carbocycles. The standard InChI is InChI=1S/C17H24N4/c1-13-10-16(11-14(2)18)12-20-17(13)21(3)9-6-15-4-7-19-8-5-15/h4-5,7-8,10,12,14H,6,9,11,18H2,1-3H3. The van der Waals surface area contributed by atoms with E-state index in [1.54, 1.807) is 0 Å². The van der Waals surface area contributed by atoms with Crippen molar-refractivity contribution in [3.63, 3.8) is 0 Å². The third-order valence-corrected chi connectivity index (χ3v) is 3.51. The van der Waals surface area contributed by atoms with Gasteiger partial charge in [0.1, 0.15) is 5.82 Å². The molecule has 0 saturated heterocycles. The van der Waals surface area contributed by atoms with E-state index in [1.165, 1.54) is 16.7 Å². The smallest absolute Gasteiger partial charge is 0.131 e. The summed E-state index contributed by atoms with van der Waals surface area (Å²) in [5.41, 5.74) is 9.54. The molecule has 0 aliphatic rings. The Labute approximate surface area is 127 Å². The van der Waals surface area contributed by atoms with E-state index in [0.717, 1.165) is 25.2 Å². The van der Waals surface area contributed by atoms with Crippen LogP contribution in [0.3, 0.4) is 0 Å². The van der Waals surface area contributed by atoms with Crippen LogP contribution in [0.2, 0.25) is 0 Å². The molecule has 0 spiro atoms. The summed E-state index contributed by atoms with van der Waals surface area (Å²) in [6.07, 6.45) is 7.47. The predicted molar refractivity (Wildman–Crippen MR) is 87.5 cm³/mol. The number of hydrogen-bond acceptors (Lipinski definition) is 4. The van der Waals surface area contributed by atoms with Crippen molar-refractivity contribution in [3.05, 3.63) is 53.5 Å². The van der Waals surface area contributed by atoms with E-state index in [-0.39, 0.29) is 6.04 Å². The van der Waals surface area contributed by atoms with Gasteiger partial charge in [-0.05, 0) is 55.5 Å². The SMILES string of the molecule is Cc1cc(CC(C)N)cnc1N(C)CCc1ccncc1. The number of anilines is 1. The Morgan fingerprint density at radius 2 is 1.95 bits per heavy atom. The van der Waals surface area contributed by atoms with Crippen molar-refractivity contribution >= 4 is 5.82 Å². The van der Waals surface area contributed by atoms with Gasteiger partial charge < -0.3 is 10.6 Å². The molecule has 2 aromatic heterocycles. The van der Waals surface area contributed by atoms with Gasteiger partial charge in [0, 0.05) is 38.2 Å². The molecule has 2 heterocycles. The van der Waals surface area contributed by atoms with E-state index < -0.39 is 0 Å². The fourth-order valence-corrected chi connectivity index (χ4v) is 2.46. The van der Waals surface area contributed by atoms with Gasteiger partial charge in [-0.2, -0.15) is 0 Å². The molecule has 2 rings (SSSR count). The zero-order valence-electron chi connectivity index (χ0n) is 13.1. The molecule has 0 aliphatic carbocycles. The van der Waals surface area contributed by atoms with Crippen LogP contribution in [0.5, 0.6) is 0 Å². The molecule has 4 heteroatoms. The maximum Gasteiger partial charge on any atom is 0.131 e. The average molecular weight is 284 g/mol. The Morgan fingerprint density at radius 3 is 2.57 bits per heavy atom. The molecule has 112 valence electrons. The van der Waals surface area contributed by atoms with Crippen LogP contribution in [0, 0.1) is 6.92 Å². The summed E-state index contributed by atoms with van der Waals surface area (Å²) in [6.45, 7) is 5.06. The topological polar surface area (TPSA) is 55.0 Å². The van der Waals surface area contributed by atoms with E-state index in [9.17, 15) is 0 Å². The fraction of sp³-hybridized carbons (Fsp3) is 0.412. The Morgan fingerprint density at radius 1 is 1.24 bits per heavy atom. The van der Waals surface area contributed by atoms with Crippen molar-refractivity contribution < 1.29 is 0 Å². The lowest BCUT2D eigenvalue weighted by Crippen LogP contribution is -2.23. The first kappa shape index (κ1) is 15.4. The van der Waals surface area contributed by atoms with Gasteiger partial charge in [-0.1, -0.05) is 6.07 Å². The van der Waals surface area contributed by atoms with Crippen LogP contribution in [-0.4, -0.2) is 29.6 Å². The monoisotopic (exact) mass is 284 g/mol. The summed E-state index contributed by atoms with van der Waals surface area (Å²) in [6, 6.07) is 6.47. The molecule has 0 radical (unpaired) electrons. The molecule has 0 aliphatic heterocycles. The van der Waals surface area contributed by atoms with Crippen LogP contribution in [-0.2, 0) is 12.8 Å². The van der Waals surface area contributed by atoms with Crippen LogP contribution in [0.25, 0.3) is 0 Å². The molecule has 1 atom stereocenters. The van der Waals surface area contributed by atoms with Crippen molar-refractivity contribution in [3.8, 4) is 0 Å². The van der Waals surface area contributed by atoms with Gasteiger partial charge in [-0.15, -0.1) is 0 Å². The second-order valence-electron chi connectivity index (χ2n) is 5.69. The van der Waals surface area contributed by atoms with Gasteiger partial charge in [0.25, 0.3) is 0 Å². The van der Waals surface area contributed by atoms with E-state index in [4.69, 9.17) is 5.73 Å². The van der Waals surface area contributed by atoms with Crippen molar-refractivity contribution in [2.24, 2.45) is 5.73 Å². The molecule has 21 heavy (non-hydrogen) atoms. The van der Waals surface area contributed by atoms with Crippen molar-refractivity contribution in [1.29, 1.82) is 0 Å². The van der Waals surface area contributed by atoms with E-state index in [1.807, 2.05) is 25.5 Å². The second-order valence-corrected chi connectivity index (χ2v) is 5.69. The van der Waals surface area contributed by atoms with Crippen LogP contribution in [0.1, 0.15) is 23.6 Å². The van der Waals surface area contributed by atoms with E-state index in [2.05, 4.69) is 47.0 Å². The van der Waals surface area contributed by atoms with Crippen molar-refractivity contribution in [2.45, 2.75) is 32.7 Å². The largest absolute Gasteiger partial charge is 0.359 e. The first-order valence-corrected chi connectivity index (χ1v) is 7.37. The molecule has 0 bridgehead atoms. The third kappa shape index (κ3) is 4.53. The molecule has 2 N–H and O–H groups in total. The quantitative estimate of drug-likeness (QED) is 0.884. The zero-order valence-corrected chi connectivity index (χ0v) is 13.1. The lowest BCUT2D eigenvalue weighted by Gasteiger charge is -2.21. The van der Waals surface area contributed by atoms with Crippen LogP contribution in [0.4, 0.5) is 5.82 Å². The zero-order chi connectivity index (χ0) is 15.2. The summed E-state index contributed by atoms with van der Waals surface area (Å²) in [5, 5.41) is 0. The summed E-state index contributed by atoms with van der Waals surface area (Å²) < 4.78 is 0. The maximum absolute atomic E-state index is 5.84. The van der Waals surface area contributed by atoms with Crippen LogP contribution >= 0.6 is 0 Å². The molecular weight excluding hydrogens is 260 g/mol. The van der Waals surface area contributed by atoms with Gasteiger partial charge in [0.15, 0.2) is 0 Å². The highest BCUT2D eigenvalue weighted by molar-refractivity contribution is 5.46. The summed E-state index contributed by atoms with van der Waals surface area (Å²) >= 11 is 0. The molecule has 0 amide bonds. The molecule has 2 aromatic rings. The minimum atomic E-state index is 0.168. The van der Waals surface area contributed by atoms with Crippen LogP contribution in [0.15, 0.2) is 36.8 Å². The van der Waals surface area contributed by atoms with Crippen LogP contribution < -0.4 is 10.6 Å². The fourth-order valence-electron chi connectivity index (χ4n) is 2.46. The first-order valence-electron chi connectivity index (χ1n) is 7.37. The minimum Gasteiger partial charge on any atom is -0.359 e. The third-order valence-electron chi connectivity index (χ3n) is 3.51.